The molecule has 0 atom stereocenters. The number of morpholine rings is 1. The van der Waals surface area contributed by atoms with Crippen molar-refractivity contribution >= 4 is 5.82 Å². The second-order valence-electron chi connectivity index (χ2n) is 3.25. The molecule has 5 nitrogen and oxygen atoms in total. The summed E-state index contributed by atoms with van der Waals surface area (Å²) >= 11 is 0. The molecule has 1 aromatic rings. The highest BCUT2D eigenvalue weighted by Crippen LogP contribution is 2.17. The van der Waals surface area contributed by atoms with Crippen LogP contribution in [0.3, 0.4) is 0 Å². The summed E-state index contributed by atoms with van der Waals surface area (Å²) in [6, 6.07) is 2.15. The molecule has 1 aromatic heterocycles. The first kappa shape index (κ1) is 9.03. The molecule has 1 saturated heterocycles. The van der Waals surface area contributed by atoms with Crippen LogP contribution in [0.1, 0.15) is 5.56 Å². The lowest BCUT2D eigenvalue weighted by Crippen LogP contribution is -2.36. The number of ether oxygens (including phenoxy) is 1. The average Bonchev–Trinajstić information content (AvgIpc) is 2.61. The molecule has 2 rings (SSSR count). The smallest absolute Gasteiger partial charge is 0.168 e. The molecular formula is C9H12N4O. The minimum absolute atomic E-state index is 0.634. The molecule has 74 valence electrons. The van der Waals surface area contributed by atoms with Crippen molar-refractivity contribution in [1.29, 1.82) is 5.26 Å². The highest BCUT2D eigenvalue weighted by molar-refractivity contribution is 5.53. The van der Waals surface area contributed by atoms with E-state index in [1.165, 1.54) is 0 Å². The third-order valence-corrected chi connectivity index (χ3v) is 2.24. The minimum Gasteiger partial charge on any atom is -0.378 e. The van der Waals surface area contributed by atoms with Crippen LogP contribution >= 0.6 is 0 Å². The Morgan fingerprint density at radius 2 is 2.21 bits per heavy atom. The van der Waals surface area contributed by atoms with E-state index in [0.29, 0.717) is 18.8 Å². The number of hydrogen-bond acceptors (Lipinski definition) is 4. The van der Waals surface area contributed by atoms with Crippen LogP contribution < -0.4 is 4.90 Å². The molecule has 0 radical (unpaired) electrons. The van der Waals surface area contributed by atoms with Crippen molar-refractivity contribution in [3.8, 4) is 6.07 Å². The number of aryl methyl sites for hydroxylation is 1. The third-order valence-electron chi connectivity index (χ3n) is 2.24. The SMILES string of the molecule is Cn1cc(C#N)c(N2CCOCC2)n1. The van der Waals surface area contributed by atoms with Gasteiger partial charge in [0.25, 0.3) is 0 Å². The highest BCUT2D eigenvalue weighted by Gasteiger charge is 2.17. The van der Waals surface area contributed by atoms with Crippen molar-refractivity contribution in [3.05, 3.63) is 11.8 Å². The molecule has 0 spiro atoms. The van der Waals surface area contributed by atoms with Crippen LogP contribution in [0, 0.1) is 11.3 Å². The molecule has 14 heavy (non-hydrogen) atoms. The lowest BCUT2D eigenvalue weighted by Gasteiger charge is -2.26. The Hall–Kier alpha value is -1.54. The van der Waals surface area contributed by atoms with Crippen molar-refractivity contribution in [2.45, 2.75) is 0 Å². The van der Waals surface area contributed by atoms with Crippen molar-refractivity contribution in [2.24, 2.45) is 7.05 Å². The van der Waals surface area contributed by atoms with Gasteiger partial charge < -0.3 is 9.64 Å². The van der Waals surface area contributed by atoms with Gasteiger partial charge in [-0.2, -0.15) is 10.4 Å². The Kier molecular flexibility index (Phi) is 2.37. The van der Waals surface area contributed by atoms with Gasteiger partial charge in [-0.3, -0.25) is 4.68 Å². The zero-order valence-corrected chi connectivity index (χ0v) is 8.10. The molecule has 1 aliphatic rings. The fourth-order valence-electron chi connectivity index (χ4n) is 1.56. The summed E-state index contributed by atoms with van der Waals surface area (Å²) in [6.45, 7) is 3.04. The van der Waals surface area contributed by atoms with E-state index in [2.05, 4.69) is 16.1 Å². The Morgan fingerprint density at radius 1 is 1.50 bits per heavy atom. The predicted molar refractivity (Wildman–Crippen MR) is 51.0 cm³/mol. The molecule has 1 aliphatic heterocycles. The largest absolute Gasteiger partial charge is 0.378 e. The standard InChI is InChI=1S/C9H12N4O/c1-12-7-8(6-10)9(11-12)13-2-4-14-5-3-13/h7H,2-5H2,1H3. The molecule has 0 bridgehead atoms. The Morgan fingerprint density at radius 3 is 2.86 bits per heavy atom. The first-order chi connectivity index (χ1) is 6.81. The normalized spacial score (nSPS) is 16.7. The molecule has 1 fully saturated rings. The van der Waals surface area contributed by atoms with Gasteiger partial charge >= 0.3 is 0 Å². The van der Waals surface area contributed by atoms with Gasteiger partial charge in [-0.05, 0) is 0 Å². The summed E-state index contributed by atoms with van der Waals surface area (Å²) in [7, 11) is 1.82. The van der Waals surface area contributed by atoms with E-state index >= 15 is 0 Å². The van der Waals surface area contributed by atoms with Crippen LogP contribution in [0.25, 0.3) is 0 Å². The third kappa shape index (κ3) is 1.56. The maximum atomic E-state index is 8.90. The second kappa shape index (κ2) is 3.68. The summed E-state index contributed by atoms with van der Waals surface area (Å²) < 4.78 is 6.91. The van der Waals surface area contributed by atoms with Gasteiger partial charge in [-0.1, -0.05) is 0 Å². The van der Waals surface area contributed by atoms with E-state index in [9.17, 15) is 0 Å². The number of aromatic nitrogens is 2. The Balaban J connectivity index is 2.25. The minimum atomic E-state index is 0.634. The molecule has 0 N–H and O–H groups in total. The molecule has 0 aromatic carbocycles. The van der Waals surface area contributed by atoms with Gasteiger partial charge in [0.2, 0.25) is 0 Å². The quantitative estimate of drug-likeness (QED) is 0.634. The molecule has 0 aliphatic carbocycles. The monoisotopic (exact) mass is 192 g/mol. The van der Waals surface area contributed by atoms with Crippen LogP contribution in [0.5, 0.6) is 0 Å². The second-order valence-corrected chi connectivity index (χ2v) is 3.25. The van der Waals surface area contributed by atoms with Crippen molar-refractivity contribution in [2.75, 3.05) is 31.2 Å². The molecular weight excluding hydrogens is 180 g/mol. The molecule has 0 amide bonds. The number of hydrogen-bond donors (Lipinski definition) is 0. The maximum Gasteiger partial charge on any atom is 0.168 e. The van der Waals surface area contributed by atoms with E-state index < -0.39 is 0 Å². The first-order valence-corrected chi connectivity index (χ1v) is 4.57. The van der Waals surface area contributed by atoms with E-state index in [4.69, 9.17) is 10.00 Å². The lowest BCUT2D eigenvalue weighted by atomic mass is 10.3. The van der Waals surface area contributed by atoms with E-state index in [-0.39, 0.29) is 0 Å². The van der Waals surface area contributed by atoms with Gasteiger partial charge in [0.05, 0.1) is 13.2 Å². The summed E-state index contributed by atoms with van der Waals surface area (Å²) in [5.74, 6) is 0.776. The van der Waals surface area contributed by atoms with E-state index in [1.54, 1.807) is 10.9 Å². The number of rotatable bonds is 1. The fourth-order valence-corrected chi connectivity index (χ4v) is 1.56. The zero-order chi connectivity index (χ0) is 9.97. The van der Waals surface area contributed by atoms with Gasteiger partial charge in [0.15, 0.2) is 5.82 Å². The fraction of sp³-hybridized carbons (Fsp3) is 0.556. The highest BCUT2D eigenvalue weighted by atomic mass is 16.5. The predicted octanol–water partition coefficient (Wildman–Crippen LogP) is 0.128. The van der Waals surface area contributed by atoms with Crippen molar-refractivity contribution in [1.82, 2.24) is 9.78 Å². The van der Waals surface area contributed by atoms with Crippen LogP contribution in [-0.2, 0) is 11.8 Å². The average molecular weight is 192 g/mol. The number of nitrogens with zero attached hydrogens (tertiary/aromatic N) is 4. The van der Waals surface area contributed by atoms with Crippen LogP contribution in [0.2, 0.25) is 0 Å². The Labute approximate surface area is 82.5 Å². The van der Waals surface area contributed by atoms with Crippen LogP contribution in [0.15, 0.2) is 6.20 Å². The van der Waals surface area contributed by atoms with E-state index in [1.807, 2.05) is 7.05 Å². The molecule has 5 heteroatoms. The summed E-state index contributed by atoms with van der Waals surface area (Å²) in [4.78, 5) is 2.09. The van der Waals surface area contributed by atoms with Gasteiger partial charge in [-0.15, -0.1) is 0 Å². The number of nitriles is 1. The molecule has 0 saturated carbocycles. The topological polar surface area (TPSA) is 54.1 Å². The van der Waals surface area contributed by atoms with Gasteiger partial charge in [0.1, 0.15) is 11.6 Å². The lowest BCUT2D eigenvalue weighted by molar-refractivity contribution is 0.122. The van der Waals surface area contributed by atoms with Crippen molar-refractivity contribution in [3.63, 3.8) is 0 Å². The summed E-state index contributed by atoms with van der Waals surface area (Å²) in [5.41, 5.74) is 0.634. The maximum absolute atomic E-state index is 8.90. The van der Waals surface area contributed by atoms with Crippen molar-refractivity contribution < 1.29 is 4.74 Å². The zero-order valence-electron chi connectivity index (χ0n) is 8.10. The first-order valence-electron chi connectivity index (χ1n) is 4.57. The van der Waals surface area contributed by atoms with Gasteiger partial charge in [-0.25, -0.2) is 0 Å². The Bertz CT molecular complexity index is 359. The molecule has 0 unspecified atom stereocenters. The van der Waals surface area contributed by atoms with E-state index in [0.717, 1.165) is 18.9 Å². The number of anilines is 1. The summed E-state index contributed by atoms with van der Waals surface area (Å²) in [5, 5.41) is 13.2. The van der Waals surface area contributed by atoms with Gasteiger partial charge in [0, 0.05) is 26.3 Å². The summed E-state index contributed by atoms with van der Waals surface area (Å²) in [6.07, 6.45) is 1.74. The van der Waals surface area contributed by atoms with Crippen LogP contribution in [-0.4, -0.2) is 36.1 Å². The van der Waals surface area contributed by atoms with Crippen LogP contribution in [0.4, 0.5) is 5.82 Å². The molecule has 2 heterocycles.